The van der Waals surface area contributed by atoms with Crippen LogP contribution in [0, 0.1) is 10.1 Å². The third-order valence-electron chi connectivity index (χ3n) is 2.33. The lowest BCUT2D eigenvalue weighted by Crippen LogP contribution is -2.14. The summed E-state index contributed by atoms with van der Waals surface area (Å²) in [4.78, 5) is 22.5. The number of hydrogen-bond donors (Lipinski definition) is 2. The van der Waals surface area contributed by atoms with Crippen molar-refractivity contribution in [3.63, 3.8) is 0 Å². The van der Waals surface area contributed by atoms with E-state index in [9.17, 15) is 14.9 Å². The second kappa shape index (κ2) is 5.40. The van der Waals surface area contributed by atoms with E-state index in [-0.39, 0.29) is 16.9 Å². The van der Waals surface area contributed by atoms with Crippen LogP contribution in [-0.2, 0) is 0 Å². The molecule has 0 saturated carbocycles. The van der Waals surface area contributed by atoms with Crippen LogP contribution in [0.5, 0.6) is 0 Å². The molecular weight excluding hydrogens is 270 g/mol. The molecule has 1 aromatic heterocycles. The van der Waals surface area contributed by atoms with Crippen molar-refractivity contribution in [2.45, 2.75) is 0 Å². The van der Waals surface area contributed by atoms with Gasteiger partial charge in [-0.1, -0.05) is 10.6 Å². The molecule has 2 aromatic rings. The van der Waals surface area contributed by atoms with Gasteiger partial charge in [0.1, 0.15) is 16.3 Å². The Labute approximate surface area is 111 Å². The van der Waals surface area contributed by atoms with E-state index in [2.05, 4.69) is 20.2 Å². The van der Waals surface area contributed by atoms with Crippen LogP contribution in [0.25, 0.3) is 0 Å². The summed E-state index contributed by atoms with van der Waals surface area (Å²) >= 11 is 0.992. The summed E-state index contributed by atoms with van der Waals surface area (Å²) in [5.41, 5.74) is -0.00898. The van der Waals surface area contributed by atoms with E-state index < -0.39 is 10.8 Å². The number of carbonyl (C=O) groups is 1. The van der Waals surface area contributed by atoms with Gasteiger partial charge in [-0.15, -0.1) is 5.10 Å². The topological polar surface area (TPSA) is 110 Å². The number of rotatable bonds is 4. The Hall–Kier alpha value is -2.55. The van der Waals surface area contributed by atoms with Gasteiger partial charge in [-0.3, -0.25) is 14.9 Å². The molecule has 9 heteroatoms. The lowest BCUT2D eigenvalue weighted by molar-refractivity contribution is -0.384. The maximum atomic E-state index is 12.0. The van der Waals surface area contributed by atoms with Crippen LogP contribution in [0.15, 0.2) is 24.4 Å². The highest BCUT2D eigenvalue weighted by Gasteiger charge is 2.24. The van der Waals surface area contributed by atoms with Crippen molar-refractivity contribution < 1.29 is 9.72 Å². The van der Waals surface area contributed by atoms with Gasteiger partial charge in [-0.05, 0) is 12.1 Å². The number of nitrogens with zero attached hydrogens (tertiary/aromatic N) is 3. The molecular formula is C10H9N5O3S. The summed E-state index contributed by atoms with van der Waals surface area (Å²) in [7, 11) is 1.55. The fraction of sp³-hybridized carbons (Fsp3) is 0.100. The lowest BCUT2D eigenvalue weighted by atomic mass is 10.1. The number of nitro benzene ring substituents is 1. The Bertz CT molecular complexity index is 614. The normalized spacial score (nSPS) is 9.95. The molecule has 1 heterocycles. The zero-order valence-corrected chi connectivity index (χ0v) is 10.6. The number of aromatic nitrogens is 2. The van der Waals surface area contributed by atoms with Gasteiger partial charge in [0, 0.05) is 18.6 Å². The Morgan fingerprint density at radius 1 is 1.47 bits per heavy atom. The summed E-state index contributed by atoms with van der Waals surface area (Å²) in [5, 5.41) is 20.3. The highest BCUT2D eigenvalue weighted by molar-refractivity contribution is 7.10. The van der Waals surface area contributed by atoms with Crippen molar-refractivity contribution in [1.29, 1.82) is 0 Å². The van der Waals surface area contributed by atoms with Gasteiger partial charge in [0.2, 0.25) is 0 Å². The van der Waals surface area contributed by atoms with Gasteiger partial charge in [-0.2, -0.15) is 0 Å². The molecule has 0 aliphatic carbocycles. The van der Waals surface area contributed by atoms with Crippen molar-refractivity contribution in [3.05, 3.63) is 40.1 Å². The van der Waals surface area contributed by atoms with Crippen LogP contribution in [0.1, 0.15) is 10.4 Å². The van der Waals surface area contributed by atoms with Crippen LogP contribution >= 0.6 is 11.5 Å². The average molecular weight is 279 g/mol. The molecule has 98 valence electrons. The predicted molar refractivity (Wildman–Crippen MR) is 70.5 cm³/mol. The standard InChI is InChI=1S/C10H9N5O3S/c1-11-7-4-2-3-6(9(7)15(17)18)10(16)13-8-5-12-14-19-8/h2-5,11H,1H3,(H,13,16). The maximum absolute atomic E-state index is 12.0. The summed E-state index contributed by atoms with van der Waals surface area (Å²) in [5.74, 6) is -0.574. The van der Waals surface area contributed by atoms with Gasteiger partial charge < -0.3 is 10.6 Å². The third kappa shape index (κ3) is 2.65. The largest absolute Gasteiger partial charge is 0.383 e. The first kappa shape index (κ1) is 12.9. The maximum Gasteiger partial charge on any atom is 0.305 e. The van der Waals surface area contributed by atoms with Crippen LogP contribution in [0.2, 0.25) is 0 Å². The van der Waals surface area contributed by atoms with E-state index in [1.165, 1.54) is 18.3 Å². The number of para-hydroxylation sites is 1. The van der Waals surface area contributed by atoms with Crippen molar-refractivity contribution in [2.75, 3.05) is 17.7 Å². The van der Waals surface area contributed by atoms with Crippen LogP contribution in [0.4, 0.5) is 16.4 Å². The quantitative estimate of drug-likeness (QED) is 0.651. The Balaban J connectivity index is 2.38. The lowest BCUT2D eigenvalue weighted by Gasteiger charge is -2.06. The van der Waals surface area contributed by atoms with Gasteiger partial charge in [0.25, 0.3) is 5.91 Å². The van der Waals surface area contributed by atoms with E-state index in [1.54, 1.807) is 13.1 Å². The number of carbonyl (C=O) groups excluding carboxylic acids is 1. The van der Waals surface area contributed by atoms with Crippen molar-refractivity contribution in [3.8, 4) is 0 Å². The predicted octanol–water partition coefficient (Wildman–Crippen LogP) is 1.74. The van der Waals surface area contributed by atoms with Crippen molar-refractivity contribution in [1.82, 2.24) is 9.59 Å². The number of nitrogens with one attached hydrogen (secondary N) is 2. The minimum Gasteiger partial charge on any atom is -0.383 e. The molecule has 0 atom stereocenters. The minimum absolute atomic E-state index is 0.0229. The summed E-state index contributed by atoms with van der Waals surface area (Å²) in [6, 6.07) is 4.49. The van der Waals surface area contributed by atoms with E-state index >= 15 is 0 Å². The van der Waals surface area contributed by atoms with Crippen LogP contribution in [-0.4, -0.2) is 27.5 Å². The zero-order chi connectivity index (χ0) is 13.8. The first-order valence-electron chi connectivity index (χ1n) is 5.17. The van der Waals surface area contributed by atoms with Crippen molar-refractivity contribution >= 4 is 33.8 Å². The van der Waals surface area contributed by atoms with Gasteiger partial charge in [-0.25, -0.2) is 0 Å². The molecule has 0 aliphatic rings. The fourth-order valence-electron chi connectivity index (χ4n) is 1.53. The molecule has 8 nitrogen and oxygen atoms in total. The molecule has 0 unspecified atom stereocenters. The smallest absolute Gasteiger partial charge is 0.305 e. The first-order chi connectivity index (χ1) is 9.13. The number of benzene rings is 1. The van der Waals surface area contributed by atoms with E-state index in [4.69, 9.17) is 0 Å². The van der Waals surface area contributed by atoms with E-state index in [1.807, 2.05) is 0 Å². The Morgan fingerprint density at radius 3 is 2.84 bits per heavy atom. The molecule has 0 fully saturated rings. The zero-order valence-electron chi connectivity index (χ0n) is 9.78. The number of anilines is 2. The monoisotopic (exact) mass is 279 g/mol. The van der Waals surface area contributed by atoms with Gasteiger partial charge >= 0.3 is 5.69 Å². The minimum atomic E-state index is -0.592. The Kier molecular flexibility index (Phi) is 3.66. The molecule has 1 amide bonds. The highest BCUT2D eigenvalue weighted by Crippen LogP contribution is 2.29. The molecule has 0 aliphatic heterocycles. The molecule has 0 saturated heterocycles. The second-order valence-corrected chi connectivity index (χ2v) is 4.23. The molecule has 0 bridgehead atoms. The van der Waals surface area contributed by atoms with Gasteiger partial charge in [0.05, 0.1) is 11.1 Å². The molecule has 1 aromatic carbocycles. The van der Waals surface area contributed by atoms with E-state index in [0.29, 0.717) is 5.00 Å². The van der Waals surface area contributed by atoms with Crippen molar-refractivity contribution in [2.24, 2.45) is 0 Å². The molecule has 19 heavy (non-hydrogen) atoms. The van der Waals surface area contributed by atoms with Gasteiger partial charge in [0.15, 0.2) is 0 Å². The van der Waals surface area contributed by atoms with Crippen LogP contribution in [0.3, 0.4) is 0 Å². The molecule has 0 radical (unpaired) electrons. The molecule has 2 rings (SSSR count). The number of amides is 1. The Morgan fingerprint density at radius 2 is 2.26 bits per heavy atom. The van der Waals surface area contributed by atoms with E-state index in [0.717, 1.165) is 11.5 Å². The first-order valence-corrected chi connectivity index (χ1v) is 5.94. The summed E-state index contributed by atoms with van der Waals surface area (Å²) in [6.45, 7) is 0. The summed E-state index contributed by atoms with van der Waals surface area (Å²) < 4.78 is 3.59. The third-order valence-corrected chi connectivity index (χ3v) is 2.91. The SMILES string of the molecule is CNc1cccc(C(=O)Nc2cnns2)c1[N+](=O)[O-]. The summed E-state index contributed by atoms with van der Waals surface area (Å²) in [6.07, 6.45) is 1.37. The molecule has 2 N–H and O–H groups in total. The fourth-order valence-corrected chi connectivity index (χ4v) is 1.94. The highest BCUT2D eigenvalue weighted by atomic mass is 32.1. The number of hydrogen-bond acceptors (Lipinski definition) is 7. The number of nitro groups is 1. The molecule has 0 spiro atoms. The second-order valence-electron chi connectivity index (χ2n) is 3.44. The van der Waals surface area contributed by atoms with Crippen LogP contribution < -0.4 is 10.6 Å². The average Bonchev–Trinajstić information content (AvgIpc) is 2.90.